The molecule has 0 aromatic heterocycles. The third-order valence-corrected chi connectivity index (χ3v) is 3.62. The first-order valence-electron chi connectivity index (χ1n) is 6.65. The molecule has 0 radical (unpaired) electrons. The lowest BCUT2D eigenvalue weighted by Crippen LogP contribution is -2.38. The predicted molar refractivity (Wildman–Crippen MR) is 74.2 cm³/mol. The zero-order valence-electron chi connectivity index (χ0n) is 11.8. The highest BCUT2D eigenvalue weighted by Gasteiger charge is 2.23. The smallest absolute Gasteiger partial charge is 0.254 e. The molecule has 1 heterocycles. The third kappa shape index (κ3) is 3.10. The van der Waals surface area contributed by atoms with Crippen LogP contribution in [0.3, 0.4) is 0 Å². The lowest BCUT2D eigenvalue weighted by molar-refractivity contribution is -0.112. The van der Waals surface area contributed by atoms with Crippen molar-refractivity contribution in [3.63, 3.8) is 0 Å². The molecule has 0 atom stereocenters. The second kappa shape index (κ2) is 6.41. The number of methoxy groups -OCH3 is 2. The Hall–Kier alpha value is -2.04. The van der Waals surface area contributed by atoms with Crippen molar-refractivity contribution in [1.29, 1.82) is 0 Å². The fourth-order valence-electron chi connectivity index (χ4n) is 2.35. The van der Waals surface area contributed by atoms with Crippen molar-refractivity contribution in [3.8, 4) is 11.5 Å². The van der Waals surface area contributed by atoms with Crippen LogP contribution in [-0.4, -0.2) is 44.4 Å². The van der Waals surface area contributed by atoms with E-state index < -0.39 is 0 Å². The monoisotopic (exact) mass is 277 g/mol. The molecule has 5 heteroatoms. The zero-order valence-corrected chi connectivity index (χ0v) is 11.8. The summed E-state index contributed by atoms with van der Waals surface area (Å²) in [6.07, 6.45) is 2.45. The number of carbonyl (C=O) groups is 2. The van der Waals surface area contributed by atoms with Gasteiger partial charge in [-0.2, -0.15) is 0 Å². The van der Waals surface area contributed by atoms with Crippen LogP contribution in [0, 0.1) is 5.92 Å². The van der Waals surface area contributed by atoms with E-state index >= 15 is 0 Å². The van der Waals surface area contributed by atoms with Crippen molar-refractivity contribution in [3.05, 3.63) is 23.8 Å². The van der Waals surface area contributed by atoms with Crippen LogP contribution in [0.5, 0.6) is 11.5 Å². The van der Waals surface area contributed by atoms with Gasteiger partial charge in [-0.25, -0.2) is 0 Å². The van der Waals surface area contributed by atoms with Gasteiger partial charge in [-0.05, 0) is 25.0 Å². The van der Waals surface area contributed by atoms with Crippen molar-refractivity contribution in [2.45, 2.75) is 12.8 Å². The fourth-order valence-corrected chi connectivity index (χ4v) is 2.35. The minimum atomic E-state index is -0.0495. The zero-order chi connectivity index (χ0) is 14.5. The minimum Gasteiger partial charge on any atom is -0.497 e. The van der Waals surface area contributed by atoms with Gasteiger partial charge in [-0.3, -0.25) is 4.79 Å². The minimum absolute atomic E-state index is 0.0495. The Kier molecular flexibility index (Phi) is 4.61. The summed E-state index contributed by atoms with van der Waals surface area (Å²) in [5.74, 6) is 1.22. The first kappa shape index (κ1) is 14.4. The summed E-state index contributed by atoms with van der Waals surface area (Å²) in [7, 11) is 3.11. The maximum absolute atomic E-state index is 12.5. The molecule has 1 aromatic rings. The number of likely N-dealkylation sites (tertiary alicyclic amines) is 1. The quantitative estimate of drug-likeness (QED) is 0.787. The number of hydrogen-bond acceptors (Lipinski definition) is 4. The molecule has 0 saturated carbocycles. The van der Waals surface area contributed by atoms with E-state index in [-0.39, 0.29) is 11.8 Å². The van der Waals surface area contributed by atoms with Gasteiger partial charge in [-0.1, -0.05) is 0 Å². The van der Waals surface area contributed by atoms with Crippen molar-refractivity contribution in [1.82, 2.24) is 4.90 Å². The summed E-state index contributed by atoms with van der Waals surface area (Å²) in [5, 5.41) is 0. The van der Waals surface area contributed by atoms with Gasteiger partial charge in [0.1, 0.15) is 17.8 Å². The molecule has 0 N–H and O–H groups in total. The largest absolute Gasteiger partial charge is 0.497 e. The van der Waals surface area contributed by atoms with E-state index in [0.29, 0.717) is 30.2 Å². The van der Waals surface area contributed by atoms with E-state index in [4.69, 9.17) is 9.47 Å². The molecule has 0 spiro atoms. The molecule has 1 aliphatic rings. The normalized spacial score (nSPS) is 15.8. The lowest BCUT2D eigenvalue weighted by Gasteiger charge is -2.29. The number of ether oxygens (including phenoxy) is 2. The highest BCUT2D eigenvalue weighted by molar-refractivity contribution is 5.95. The Labute approximate surface area is 118 Å². The van der Waals surface area contributed by atoms with Crippen LogP contribution >= 0.6 is 0 Å². The molecule has 108 valence electrons. The molecule has 1 saturated heterocycles. The number of carbonyl (C=O) groups excluding carboxylic acids is 2. The Bertz CT molecular complexity index is 470. The summed E-state index contributed by atoms with van der Waals surface area (Å²) in [4.78, 5) is 25.0. The van der Waals surface area contributed by atoms with Crippen molar-refractivity contribution < 1.29 is 19.1 Å². The van der Waals surface area contributed by atoms with E-state index in [1.165, 1.54) is 0 Å². The second-order valence-electron chi connectivity index (χ2n) is 4.87. The van der Waals surface area contributed by atoms with Gasteiger partial charge in [-0.15, -0.1) is 0 Å². The number of rotatable bonds is 4. The summed E-state index contributed by atoms with van der Waals surface area (Å²) < 4.78 is 10.3. The first-order valence-corrected chi connectivity index (χ1v) is 6.65. The number of benzene rings is 1. The molecule has 0 unspecified atom stereocenters. The molecular formula is C15H19NO4. The lowest BCUT2D eigenvalue weighted by atomic mass is 9.98. The van der Waals surface area contributed by atoms with Gasteiger partial charge >= 0.3 is 0 Å². The molecule has 1 aromatic carbocycles. The fraction of sp³-hybridized carbons (Fsp3) is 0.467. The summed E-state index contributed by atoms with van der Waals surface area (Å²) in [6.45, 7) is 1.23. The van der Waals surface area contributed by atoms with Crippen molar-refractivity contribution in [2.24, 2.45) is 5.92 Å². The Morgan fingerprint density at radius 2 is 1.70 bits per heavy atom. The topological polar surface area (TPSA) is 55.8 Å². The first-order chi connectivity index (χ1) is 9.67. The number of amides is 1. The van der Waals surface area contributed by atoms with Gasteiger partial charge < -0.3 is 19.2 Å². The molecule has 2 rings (SSSR count). The maximum Gasteiger partial charge on any atom is 0.254 e. The van der Waals surface area contributed by atoms with E-state index in [0.717, 1.165) is 19.1 Å². The van der Waals surface area contributed by atoms with Crippen LogP contribution in [-0.2, 0) is 4.79 Å². The molecular weight excluding hydrogens is 258 g/mol. The van der Waals surface area contributed by atoms with Crippen LogP contribution < -0.4 is 9.47 Å². The SMILES string of the molecule is COc1cc(OC)cc(C(=O)N2CCC(C=O)CC2)c1. The predicted octanol–water partition coefficient (Wildman–Crippen LogP) is 1.75. The molecule has 5 nitrogen and oxygen atoms in total. The average molecular weight is 277 g/mol. The number of hydrogen-bond donors (Lipinski definition) is 0. The van der Waals surface area contributed by atoms with Crippen LogP contribution in [0.1, 0.15) is 23.2 Å². The van der Waals surface area contributed by atoms with Crippen LogP contribution in [0.2, 0.25) is 0 Å². The Balaban J connectivity index is 2.14. The molecule has 20 heavy (non-hydrogen) atoms. The van der Waals surface area contributed by atoms with Crippen molar-refractivity contribution >= 4 is 12.2 Å². The van der Waals surface area contributed by atoms with Gasteiger partial charge in [0, 0.05) is 30.6 Å². The molecule has 0 aliphatic carbocycles. The van der Waals surface area contributed by atoms with Crippen LogP contribution in [0.15, 0.2) is 18.2 Å². The van der Waals surface area contributed by atoms with Gasteiger partial charge in [0.2, 0.25) is 0 Å². The molecule has 1 fully saturated rings. The molecule has 1 aliphatic heterocycles. The van der Waals surface area contributed by atoms with Crippen LogP contribution in [0.25, 0.3) is 0 Å². The van der Waals surface area contributed by atoms with Gasteiger partial charge in [0.05, 0.1) is 14.2 Å². The summed E-state index contributed by atoms with van der Waals surface area (Å²) in [5.41, 5.74) is 0.547. The standard InChI is InChI=1S/C15H19NO4/c1-19-13-7-12(8-14(9-13)20-2)15(18)16-5-3-11(10-17)4-6-16/h7-11H,3-6H2,1-2H3. The summed E-state index contributed by atoms with van der Waals surface area (Å²) >= 11 is 0. The maximum atomic E-state index is 12.5. The summed E-state index contributed by atoms with van der Waals surface area (Å²) in [6, 6.07) is 5.14. The molecule has 0 bridgehead atoms. The Morgan fingerprint density at radius 1 is 1.15 bits per heavy atom. The average Bonchev–Trinajstić information content (AvgIpc) is 2.53. The van der Waals surface area contributed by atoms with E-state index in [1.807, 2.05) is 0 Å². The number of aldehydes is 1. The third-order valence-electron chi connectivity index (χ3n) is 3.62. The van der Waals surface area contributed by atoms with Gasteiger partial charge in [0.15, 0.2) is 0 Å². The number of piperidine rings is 1. The van der Waals surface area contributed by atoms with Gasteiger partial charge in [0.25, 0.3) is 5.91 Å². The van der Waals surface area contributed by atoms with Crippen molar-refractivity contribution in [2.75, 3.05) is 27.3 Å². The van der Waals surface area contributed by atoms with E-state index in [1.54, 1.807) is 37.3 Å². The number of nitrogens with zero attached hydrogens (tertiary/aromatic N) is 1. The highest BCUT2D eigenvalue weighted by Crippen LogP contribution is 2.25. The Morgan fingerprint density at radius 3 is 2.15 bits per heavy atom. The highest BCUT2D eigenvalue weighted by atomic mass is 16.5. The molecule has 1 amide bonds. The van der Waals surface area contributed by atoms with E-state index in [2.05, 4.69) is 0 Å². The van der Waals surface area contributed by atoms with E-state index in [9.17, 15) is 9.59 Å². The van der Waals surface area contributed by atoms with Crippen LogP contribution in [0.4, 0.5) is 0 Å². The second-order valence-corrected chi connectivity index (χ2v) is 4.87.